The highest BCUT2D eigenvalue weighted by Gasteiger charge is 2.25. The number of anilines is 1. The van der Waals surface area contributed by atoms with Crippen LogP contribution in [0.3, 0.4) is 0 Å². The Hall–Kier alpha value is -1.97. The van der Waals surface area contributed by atoms with Gasteiger partial charge >= 0.3 is 6.03 Å². The highest BCUT2D eigenvalue weighted by atomic mass is 16.2. The van der Waals surface area contributed by atoms with Gasteiger partial charge in [-0.3, -0.25) is 0 Å². The van der Waals surface area contributed by atoms with Gasteiger partial charge in [-0.15, -0.1) is 0 Å². The minimum atomic E-state index is 0.0468. The highest BCUT2D eigenvalue weighted by molar-refractivity contribution is 6.01. The molecule has 4 nitrogen and oxygen atoms in total. The van der Waals surface area contributed by atoms with Crippen LogP contribution in [0.1, 0.15) is 39.5 Å². The van der Waals surface area contributed by atoms with Gasteiger partial charge in [0.05, 0.1) is 11.2 Å². The van der Waals surface area contributed by atoms with Crippen LogP contribution in [-0.4, -0.2) is 28.1 Å². The molecule has 1 N–H and O–H groups in total. The largest absolute Gasteiger partial charge is 0.346 e. The van der Waals surface area contributed by atoms with Crippen molar-refractivity contribution < 1.29 is 4.79 Å². The van der Waals surface area contributed by atoms with Gasteiger partial charge in [0, 0.05) is 30.7 Å². The van der Waals surface area contributed by atoms with E-state index in [4.69, 9.17) is 0 Å². The molecule has 1 aliphatic heterocycles. The van der Waals surface area contributed by atoms with E-state index in [1.54, 1.807) is 0 Å². The van der Waals surface area contributed by atoms with E-state index in [9.17, 15) is 4.79 Å². The smallest absolute Gasteiger partial charge is 0.322 e. The number of carbonyl (C=O) groups is 1. The van der Waals surface area contributed by atoms with Crippen molar-refractivity contribution in [3.63, 3.8) is 0 Å². The van der Waals surface area contributed by atoms with E-state index in [1.165, 1.54) is 11.9 Å². The third-order valence-electron chi connectivity index (χ3n) is 4.73. The van der Waals surface area contributed by atoms with Crippen molar-refractivity contribution in [3.05, 3.63) is 30.5 Å². The van der Waals surface area contributed by atoms with Gasteiger partial charge in [-0.1, -0.05) is 25.1 Å². The maximum Gasteiger partial charge on any atom is 0.322 e. The van der Waals surface area contributed by atoms with Crippen LogP contribution in [0.5, 0.6) is 0 Å². The third-order valence-corrected chi connectivity index (χ3v) is 4.73. The molecule has 1 unspecified atom stereocenters. The number of benzene rings is 1. The maximum atomic E-state index is 12.7. The van der Waals surface area contributed by atoms with E-state index in [2.05, 4.69) is 35.9 Å². The Morgan fingerprint density at radius 1 is 1.27 bits per heavy atom. The van der Waals surface area contributed by atoms with E-state index >= 15 is 0 Å². The Bertz CT molecular complexity index is 661. The zero-order valence-electron chi connectivity index (χ0n) is 13.5. The number of likely N-dealkylation sites (tertiary alicyclic amines) is 1. The lowest BCUT2D eigenvalue weighted by molar-refractivity contribution is 0.160. The summed E-state index contributed by atoms with van der Waals surface area (Å²) in [6, 6.07) is 8.67. The van der Waals surface area contributed by atoms with E-state index in [0.29, 0.717) is 6.04 Å². The minimum Gasteiger partial charge on any atom is -0.346 e. The molecule has 0 saturated carbocycles. The molecule has 0 aliphatic carbocycles. The number of aromatic nitrogens is 1. The molecule has 2 aromatic rings. The van der Waals surface area contributed by atoms with E-state index in [-0.39, 0.29) is 6.03 Å². The summed E-state index contributed by atoms with van der Waals surface area (Å²) in [7, 11) is 0. The number of para-hydroxylation sites is 1. The van der Waals surface area contributed by atoms with E-state index in [0.717, 1.165) is 43.4 Å². The first-order valence-corrected chi connectivity index (χ1v) is 8.40. The number of nitrogens with zero attached hydrogens (tertiary/aromatic N) is 2. The molecule has 1 fully saturated rings. The van der Waals surface area contributed by atoms with Crippen molar-refractivity contribution in [2.75, 3.05) is 11.9 Å². The number of hydrogen-bond donors (Lipinski definition) is 1. The molecule has 2 amide bonds. The van der Waals surface area contributed by atoms with Crippen LogP contribution < -0.4 is 5.32 Å². The van der Waals surface area contributed by atoms with Crippen molar-refractivity contribution in [3.8, 4) is 0 Å². The molecule has 3 rings (SSSR count). The van der Waals surface area contributed by atoms with Gasteiger partial charge in [-0.05, 0) is 38.7 Å². The Labute approximate surface area is 132 Å². The average molecular weight is 299 g/mol. The first-order chi connectivity index (χ1) is 10.7. The van der Waals surface area contributed by atoms with Crippen molar-refractivity contribution in [2.45, 2.75) is 52.1 Å². The standard InChI is InChI=1S/C18H25N3O/c1-3-14-9-7-8-12-21(14)18(22)19-16-13-20(4-2)17-11-6-5-10-15(16)17/h5-6,10-11,13-14H,3-4,7-9,12H2,1-2H3,(H,19,22). The zero-order chi connectivity index (χ0) is 15.5. The van der Waals surface area contributed by atoms with Gasteiger partial charge in [-0.25, -0.2) is 4.79 Å². The van der Waals surface area contributed by atoms with Crippen molar-refractivity contribution in [1.29, 1.82) is 0 Å². The monoisotopic (exact) mass is 299 g/mol. The van der Waals surface area contributed by atoms with Gasteiger partial charge in [-0.2, -0.15) is 0 Å². The zero-order valence-corrected chi connectivity index (χ0v) is 13.5. The summed E-state index contributed by atoms with van der Waals surface area (Å²) in [6.07, 6.45) is 6.55. The summed E-state index contributed by atoms with van der Waals surface area (Å²) in [5, 5.41) is 4.25. The number of piperidine rings is 1. The van der Waals surface area contributed by atoms with Gasteiger partial charge in [0.25, 0.3) is 0 Å². The first kappa shape index (κ1) is 14.9. The second kappa shape index (κ2) is 6.42. The van der Waals surface area contributed by atoms with E-state index in [1.807, 2.05) is 23.2 Å². The predicted molar refractivity (Wildman–Crippen MR) is 91.3 cm³/mol. The summed E-state index contributed by atoms with van der Waals surface area (Å²) >= 11 is 0. The molecular weight excluding hydrogens is 274 g/mol. The lowest BCUT2D eigenvalue weighted by Gasteiger charge is -2.35. The van der Waals surface area contributed by atoms with E-state index < -0.39 is 0 Å². The number of nitrogens with one attached hydrogen (secondary N) is 1. The fourth-order valence-corrected chi connectivity index (χ4v) is 3.49. The predicted octanol–water partition coefficient (Wildman–Crippen LogP) is 4.46. The molecule has 1 aromatic carbocycles. The molecule has 1 atom stereocenters. The van der Waals surface area contributed by atoms with Gasteiger partial charge in [0.1, 0.15) is 0 Å². The SMILES string of the molecule is CCC1CCCCN1C(=O)Nc1cn(CC)c2ccccc12. The lowest BCUT2D eigenvalue weighted by Crippen LogP contribution is -2.45. The fraction of sp³-hybridized carbons (Fsp3) is 0.500. The second-order valence-corrected chi connectivity index (χ2v) is 6.03. The summed E-state index contributed by atoms with van der Waals surface area (Å²) in [4.78, 5) is 14.7. The summed E-state index contributed by atoms with van der Waals surface area (Å²) in [5.74, 6) is 0. The van der Waals surface area contributed by atoms with Gasteiger partial charge < -0.3 is 14.8 Å². The summed E-state index contributed by atoms with van der Waals surface area (Å²) in [5.41, 5.74) is 2.09. The minimum absolute atomic E-state index is 0.0468. The third kappa shape index (κ3) is 2.70. The number of carbonyl (C=O) groups excluding carboxylic acids is 1. The van der Waals surface area contributed by atoms with Crippen LogP contribution in [0.2, 0.25) is 0 Å². The van der Waals surface area contributed by atoms with Gasteiger partial charge in [0.2, 0.25) is 0 Å². The Morgan fingerprint density at radius 3 is 2.86 bits per heavy atom. The number of urea groups is 1. The Balaban J connectivity index is 1.85. The molecule has 1 aliphatic rings. The van der Waals surface area contributed by atoms with Crippen molar-refractivity contribution >= 4 is 22.6 Å². The molecule has 118 valence electrons. The molecule has 1 saturated heterocycles. The van der Waals surface area contributed by atoms with Crippen LogP contribution in [0.25, 0.3) is 10.9 Å². The number of rotatable bonds is 3. The summed E-state index contributed by atoms with van der Waals surface area (Å²) in [6.45, 7) is 6.06. The fourth-order valence-electron chi connectivity index (χ4n) is 3.49. The molecule has 0 bridgehead atoms. The molecule has 0 spiro atoms. The van der Waals surface area contributed by atoms with Gasteiger partial charge in [0.15, 0.2) is 0 Å². The quantitative estimate of drug-likeness (QED) is 0.892. The molecule has 4 heteroatoms. The topological polar surface area (TPSA) is 37.3 Å². The van der Waals surface area contributed by atoms with Crippen LogP contribution in [0, 0.1) is 0 Å². The number of amides is 2. The number of fused-ring (bicyclic) bond motifs is 1. The Kier molecular flexibility index (Phi) is 4.36. The molecular formula is C18H25N3O. The second-order valence-electron chi connectivity index (χ2n) is 6.03. The number of hydrogen-bond acceptors (Lipinski definition) is 1. The van der Waals surface area contributed by atoms with Crippen LogP contribution in [0.15, 0.2) is 30.5 Å². The maximum absolute atomic E-state index is 12.7. The lowest BCUT2D eigenvalue weighted by atomic mass is 10.0. The highest BCUT2D eigenvalue weighted by Crippen LogP contribution is 2.27. The average Bonchev–Trinajstić information content (AvgIpc) is 2.93. The van der Waals surface area contributed by atoms with Crippen LogP contribution in [0.4, 0.5) is 10.5 Å². The Morgan fingerprint density at radius 2 is 2.09 bits per heavy atom. The normalized spacial score (nSPS) is 18.6. The summed E-state index contributed by atoms with van der Waals surface area (Å²) < 4.78 is 2.18. The van der Waals surface area contributed by atoms with Crippen LogP contribution >= 0.6 is 0 Å². The molecule has 2 heterocycles. The van der Waals surface area contributed by atoms with Crippen LogP contribution in [-0.2, 0) is 6.54 Å². The van der Waals surface area contributed by atoms with Crippen molar-refractivity contribution in [2.24, 2.45) is 0 Å². The first-order valence-electron chi connectivity index (χ1n) is 8.40. The molecule has 0 radical (unpaired) electrons. The molecule has 22 heavy (non-hydrogen) atoms. The molecule has 1 aromatic heterocycles. The number of aryl methyl sites for hydroxylation is 1. The van der Waals surface area contributed by atoms with Crippen molar-refractivity contribution in [1.82, 2.24) is 9.47 Å².